The van der Waals surface area contributed by atoms with Gasteiger partial charge in [-0.1, -0.05) is 56.9 Å². The molecule has 1 rings (SSSR count). The van der Waals surface area contributed by atoms with E-state index in [1.165, 1.54) is 0 Å². The molecule has 0 bridgehead atoms. The smallest absolute Gasteiger partial charge is 0.303 e. The Morgan fingerprint density at radius 3 is 2.67 bits per heavy atom. The van der Waals surface area contributed by atoms with Gasteiger partial charge in [0.05, 0.1) is 0 Å². The van der Waals surface area contributed by atoms with Crippen LogP contribution in [-0.2, 0) is 9.59 Å². The van der Waals surface area contributed by atoms with Crippen molar-refractivity contribution >= 4 is 11.8 Å². The van der Waals surface area contributed by atoms with Gasteiger partial charge in [-0.05, 0) is 25.3 Å². The first kappa shape index (κ1) is 17.4. The van der Waals surface area contributed by atoms with Gasteiger partial charge in [0.15, 0.2) is 5.78 Å². The normalized spacial score (nSPS) is 20.0. The molecule has 1 atom stereocenters. The van der Waals surface area contributed by atoms with Gasteiger partial charge in [-0.15, -0.1) is 0 Å². The van der Waals surface area contributed by atoms with E-state index >= 15 is 0 Å². The number of unbranched alkanes of at least 4 members (excludes halogenated alkanes) is 4. The number of hydrogen-bond donors (Lipinski definition) is 1. The van der Waals surface area contributed by atoms with Crippen LogP contribution in [0.1, 0.15) is 58.3 Å². The maximum absolute atomic E-state index is 11.8. The van der Waals surface area contributed by atoms with Gasteiger partial charge < -0.3 is 5.11 Å². The van der Waals surface area contributed by atoms with Crippen LogP contribution in [0.3, 0.4) is 0 Å². The van der Waals surface area contributed by atoms with Crippen molar-refractivity contribution in [1.29, 1.82) is 0 Å². The Balaban J connectivity index is 2.23. The van der Waals surface area contributed by atoms with Crippen LogP contribution < -0.4 is 0 Å². The molecule has 21 heavy (non-hydrogen) atoms. The molecule has 3 nitrogen and oxygen atoms in total. The summed E-state index contributed by atoms with van der Waals surface area (Å²) in [6.07, 6.45) is 16.9. The maximum Gasteiger partial charge on any atom is 0.303 e. The molecule has 0 aliphatic heterocycles. The van der Waals surface area contributed by atoms with E-state index in [2.05, 4.69) is 13.0 Å². The van der Waals surface area contributed by atoms with E-state index in [0.29, 0.717) is 0 Å². The molecule has 1 aliphatic carbocycles. The van der Waals surface area contributed by atoms with Crippen molar-refractivity contribution < 1.29 is 14.7 Å². The van der Waals surface area contributed by atoms with Gasteiger partial charge in [-0.25, -0.2) is 0 Å². The van der Waals surface area contributed by atoms with Crippen molar-refractivity contribution in [2.24, 2.45) is 5.92 Å². The van der Waals surface area contributed by atoms with Gasteiger partial charge in [-0.2, -0.15) is 0 Å². The van der Waals surface area contributed by atoms with Crippen molar-refractivity contribution in [1.82, 2.24) is 0 Å². The van der Waals surface area contributed by atoms with Crippen molar-refractivity contribution in [2.45, 2.75) is 58.3 Å². The van der Waals surface area contributed by atoms with Crippen LogP contribution in [0, 0.1) is 5.92 Å². The zero-order valence-electron chi connectivity index (χ0n) is 12.9. The summed E-state index contributed by atoms with van der Waals surface area (Å²) < 4.78 is 0. The molecule has 0 heterocycles. The molecule has 0 aromatic heterocycles. The third-order valence-electron chi connectivity index (χ3n) is 3.72. The highest BCUT2D eigenvalue weighted by atomic mass is 16.4. The summed E-state index contributed by atoms with van der Waals surface area (Å²) in [5.74, 6) is -0.306. The summed E-state index contributed by atoms with van der Waals surface area (Å²) in [7, 11) is 0. The Morgan fingerprint density at radius 1 is 1.24 bits per heavy atom. The second-order valence-electron chi connectivity index (χ2n) is 5.49. The minimum atomic E-state index is -0.709. The van der Waals surface area contributed by atoms with Crippen LogP contribution in [0.5, 0.6) is 0 Å². The highest BCUT2D eigenvalue weighted by molar-refractivity contribution is 6.07. The van der Waals surface area contributed by atoms with E-state index in [9.17, 15) is 9.59 Å². The molecule has 0 aromatic rings. The van der Waals surface area contributed by atoms with E-state index in [0.717, 1.165) is 50.5 Å². The lowest BCUT2D eigenvalue weighted by Crippen LogP contribution is -2.02. The minimum Gasteiger partial charge on any atom is -0.481 e. The van der Waals surface area contributed by atoms with E-state index in [4.69, 9.17) is 5.11 Å². The van der Waals surface area contributed by atoms with Crippen molar-refractivity contribution in [3.8, 4) is 0 Å². The zero-order valence-corrected chi connectivity index (χ0v) is 12.9. The van der Waals surface area contributed by atoms with Crippen molar-refractivity contribution in [3.63, 3.8) is 0 Å². The number of carboxylic acid groups (broad SMARTS) is 1. The monoisotopic (exact) mass is 290 g/mol. The molecule has 1 N–H and O–H groups in total. The van der Waals surface area contributed by atoms with Crippen LogP contribution in [0.4, 0.5) is 0 Å². The first-order chi connectivity index (χ1) is 10.1. The molecular weight excluding hydrogens is 264 g/mol. The van der Waals surface area contributed by atoms with Gasteiger partial charge in [0.25, 0.3) is 0 Å². The number of allylic oxidation sites excluding steroid dienone is 6. The lowest BCUT2D eigenvalue weighted by molar-refractivity contribution is -0.137. The lowest BCUT2D eigenvalue weighted by Gasteiger charge is -2.09. The first-order valence-corrected chi connectivity index (χ1v) is 7.96. The summed E-state index contributed by atoms with van der Waals surface area (Å²) in [6.45, 7) is 2.07. The summed E-state index contributed by atoms with van der Waals surface area (Å²) in [5.41, 5.74) is 0.908. The molecule has 0 amide bonds. The summed E-state index contributed by atoms with van der Waals surface area (Å²) in [4.78, 5) is 22.2. The Hall–Kier alpha value is -1.64. The largest absolute Gasteiger partial charge is 0.481 e. The Labute approximate surface area is 127 Å². The van der Waals surface area contributed by atoms with E-state index < -0.39 is 5.97 Å². The van der Waals surface area contributed by atoms with Crippen molar-refractivity contribution in [2.75, 3.05) is 0 Å². The van der Waals surface area contributed by atoms with Gasteiger partial charge >= 0.3 is 5.97 Å². The van der Waals surface area contributed by atoms with E-state index in [-0.39, 0.29) is 18.1 Å². The molecule has 0 fully saturated rings. The summed E-state index contributed by atoms with van der Waals surface area (Å²) >= 11 is 0. The van der Waals surface area contributed by atoms with Crippen molar-refractivity contribution in [3.05, 3.63) is 36.0 Å². The van der Waals surface area contributed by atoms with E-state index in [1.54, 1.807) is 6.08 Å². The molecule has 0 unspecified atom stereocenters. The molecule has 0 spiro atoms. The van der Waals surface area contributed by atoms with Gasteiger partial charge in [0.2, 0.25) is 0 Å². The highest BCUT2D eigenvalue weighted by Crippen LogP contribution is 2.27. The Morgan fingerprint density at radius 2 is 1.95 bits per heavy atom. The van der Waals surface area contributed by atoms with Crippen LogP contribution >= 0.6 is 0 Å². The highest BCUT2D eigenvalue weighted by Gasteiger charge is 2.21. The molecular formula is C18H26O3. The van der Waals surface area contributed by atoms with Crippen LogP contribution in [-0.4, -0.2) is 16.9 Å². The quantitative estimate of drug-likeness (QED) is 0.477. The molecule has 3 heteroatoms. The van der Waals surface area contributed by atoms with Gasteiger partial charge in [-0.3, -0.25) is 9.59 Å². The fourth-order valence-corrected chi connectivity index (χ4v) is 2.52. The second-order valence-corrected chi connectivity index (χ2v) is 5.49. The molecule has 0 saturated carbocycles. The predicted octanol–water partition coefficient (Wildman–Crippen LogP) is 4.45. The fourth-order valence-electron chi connectivity index (χ4n) is 2.52. The average molecular weight is 290 g/mol. The molecule has 116 valence electrons. The number of carbonyl (C=O) groups is 2. The second kappa shape index (κ2) is 10.1. The third kappa shape index (κ3) is 7.07. The standard InChI is InChI=1S/C18H26O3/c1-2-3-7-11-16-15(13-14-17(16)19)10-8-5-4-6-9-12-18(20)21/h3,7,11,13-15H,2,4-6,8-10,12H2,1H3,(H,20,21)/b7-3+,16-11+/t15-/m0/s1. The average Bonchev–Trinajstić information content (AvgIpc) is 2.79. The lowest BCUT2D eigenvalue weighted by atomic mass is 9.94. The Bertz CT molecular complexity index is 430. The third-order valence-corrected chi connectivity index (χ3v) is 3.72. The summed E-state index contributed by atoms with van der Waals surface area (Å²) in [6, 6.07) is 0. The number of aliphatic carboxylic acids is 1. The van der Waals surface area contributed by atoms with Crippen LogP contribution in [0.15, 0.2) is 36.0 Å². The summed E-state index contributed by atoms with van der Waals surface area (Å²) in [5, 5.41) is 8.55. The van der Waals surface area contributed by atoms with Gasteiger partial charge in [0.1, 0.15) is 0 Å². The SMILES string of the molecule is CC/C=C/C=C1/C(=O)C=C[C@@H]1CCCCCCCC(=O)O. The molecule has 1 aliphatic rings. The number of hydrogen-bond acceptors (Lipinski definition) is 2. The number of carboxylic acids is 1. The first-order valence-electron chi connectivity index (χ1n) is 7.96. The minimum absolute atomic E-state index is 0.141. The van der Waals surface area contributed by atoms with E-state index in [1.807, 2.05) is 18.2 Å². The topological polar surface area (TPSA) is 54.4 Å². The molecule has 0 aromatic carbocycles. The zero-order chi connectivity index (χ0) is 15.5. The van der Waals surface area contributed by atoms with Crippen LogP contribution in [0.2, 0.25) is 0 Å². The number of ketones is 1. The molecule has 0 radical (unpaired) electrons. The van der Waals surface area contributed by atoms with Crippen LogP contribution in [0.25, 0.3) is 0 Å². The molecule has 0 saturated heterocycles. The maximum atomic E-state index is 11.8. The number of carbonyl (C=O) groups excluding carboxylic acids is 1. The Kier molecular flexibility index (Phi) is 8.41. The van der Waals surface area contributed by atoms with Gasteiger partial charge in [0, 0.05) is 17.9 Å². The fraction of sp³-hybridized carbons (Fsp3) is 0.556. The number of rotatable bonds is 10. The predicted molar refractivity (Wildman–Crippen MR) is 85.1 cm³/mol.